The number of benzene rings is 1. The lowest BCUT2D eigenvalue weighted by molar-refractivity contribution is -0.274. The molecule has 0 fully saturated rings. The van der Waals surface area contributed by atoms with Crippen molar-refractivity contribution in [1.82, 2.24) is 0 Å². The first-order valence-corrected chi connectivity index (χ1v) is 4.64. The molecule has 0 aromatic heterocycles. The van der Waals surface area contributed by atoms with Crippen LogP contribution in [0.3, 0.4) is 0 Å². The molecule has 0 bridgehead atoms. The van der Waals surface area contributed by atoms with Gasteiger partial charge in [-0.25, -0.2) is 0 Å². The summed E-state index contributed by atoms with van der Waals surface area (Å²) in [7, 11) is 0. The van der Waals surface area contributed by atoms with Crippen LogP contribution in [-0.2, 0) is 0 Å². The third kappa shape index (κ3) is 3.55. The van der Waals surface area contributed by atoms with Crippen LogP contribution in [-0.4, -0.2) is 18.0 Å². The summed E-state index contributed by atoms with van der Waals surface area (Å²) < 4.78 is 39.3. The molecule has 3 nitrogen and oxygen atoms in total. The Hall–Kier alpha value is -0.980. The first-order valence-electron chi connectivity index (χ1n) is 4.27. The highest BCUT2D eigenvalue weighted by atomic mass is 35.5. The van der Waals surface area contributed by atoms with Crippen LogP contribution in [0.15, 0.2) is 18.2 Å². The summed E-state index contributed by atoms with van der Waals surface area (Å²) in [6, 6.07) is 3.48. The zero-order valence-corrected chi connectivity index (χ0v) is 8.72. The fraction of sp³-hybridized carbons (Fsp3) is 0.333. The lowest BCUT2D eigenvalue weighted by Crippen LogP contribution is -2.17. The molecule has 0 saturated carbocycles. The van der Waals surface area contributed by atoms with Gasteiger partial charge in [0.05, 0.1) is 11.1 Å². The highest BCUT2D eigenvalue weighted by Crippen LogP contribution is 2.31. The van der Waals surface area contributed by atoms with Gasteiger partial charge in [-0.1, -0.05) is 17.7 Å². The van der Waals surface area contributed by atoms with E-state index in [0.717, 1.165) is 6.07 Å². The van der Waals surface area contributed by atoms with E-state index in [0.29, 0.717) is 5.56 Å². The number of rotatable bonds is 3. The van der Waals surface area contributed by atoms with Gasteiger partial charge in [0, 0.05) is 6.54 Å². The van der Waals surface area contributed by atoms with Crippen molar-refractivity contribution in [3.8, 4) is 5.75 Å². The molecule has 0 saturated heterocycles. The molecule has 0 aliphatic rings. The van der Waals surface area contributed by atoms with E-state index < -0.39 is 18.2 Å². The highest BCUT2D eigenvalue weighted by molar-refractivity contribution is 6.32. The normalized spacial score (nSPS) is 13.6. The van der Waals surface area contributed by atoms with E-state index >= 15 is 0 Å². The average Bonchev–Trinajstić information content (AvgIpc) is 2.18. The lowest BCUT2D eigenvalue weighted by atomic mass is 10.1. The predicted octanol–water partition coefficient (Wildman–Crippen LogP) is 2.23. The van der Waals surface area contributed by atoms with E-state index in [1.807, 2.05) is 0 Å². The van der Waals surface area contributed by atoms with Crippen LogP contribution in [0, 0.1) is 0 Å². The number of aliphatic hydroxyl groups is 1. The number of hydrogen-bond donors (Lipinski definition) is 2. The van der Waals surface area contributed by atoms with E-state index in [2.05, 4.69) is 4.74 Å². The van der Waals surface area contributed by atoms with E-state index in [1.54, 1.807) is 0 Å². The minimum absolute atomic E-state index is 0.0458. The van der Waals surface area contributed by atoms with Crippen molar-refractivity contribution in [2.75, 3.05) is 6.54 Å². The zero-order valence-electron chi connectivity index (χ0n) is 7.96. The van der Waals surface area contributed by atoms with Gasteiger partial charge in [-0.05, 0) is 17.7 Å². The predicted molar refractivity (Wildman–Crippen MR) is 52.1 cm³/mol. The summed E-state index contributed by atoms with van der Waals surface area (Å²) >= 11 is 5.56. The van der Waals surface area contributed by atoms with Crippen LogP contribution in [0.4, 0.5) is 13.2 Å². The fourth-order valence-corrected chi connectivity index (χ4v) is 1.30. The Bertz CT molecular complexity index is 370. The smallest absolute Gasteiger partial charge is 0.404 e. The molecular formula is C9H9ClF3NO2. The van der Waals surface area contributed by atoms with Gasteiger partial charge in [0.15, 0.2) is 0 Å². The molecule has 1 aromatic rings. The summed E-state index contributed by atoms with van der Waals surface area (Å²) in [5.41, 5.74) is 5.52. The van der Waals surface area contributed by atoms with Crippen molar-refractivity contribution < 1.29 is 23.0 Å². The second-order valence-corrected chi connectivity index (χ2v) is 3.40. The maximum atomic E-state index is 11.9. The molecule has 0 heterocycles. The van der Waals surface area contributed by atoms with Crippen LogP contribution >= 0.6 is 11.6 Å². The molecule has 0 aliphatic carbocycles. The van der Waals surface area contributed by atoms with Gasteiger partial charge >= 0.3 is 6.36 Å². The first-order chi connectivity index (χ1) is 7.33. The van der Waals surface area contributed by atoms with E-state index in [-0.39, 0.29) is 11.6 Å². The van der Waals surface area contributed by atoms with Gasteiger partial charge in [-0.3, -0.25) is 0 Å². The van der Waals surface area contributed by atoms with Crippen molar-refractivity contribution in [2.24, 2.45) is 5.73 Å². The summed E-state index contributed by atoms with van der Waals surface area (Å²) in [6.45, 7) is -0.0458. The Labute approximate surface area is 94.6 Å². The van der Waals surface area contributed by atoms with Crippen molar-refractivity contribution >= 4 is 11.6 Å². The molecule has 90 valence electrons. The molecule has 0 aliphatic heterocycles. The van der Waals surface area contributed by atoms with Crippen molar-refractivity contribution in [3.63, 3.8) is 0 Å². The van der Waals surface area contributed by atoms with Gasteiger partial charge < -0.3 is 15.6 Å². The van der Waals surface area contributed by atoms with Crippen LogP contribution in [0.1, 0.15) is 11.7 Å². The summed E-state index contributed by atoms with van der Waals surface area (Å²) in [5, 5.41) is 9.10. The molecule has 16 heavy (non-hydrogen) atoms. The molecule has 1 aromatic carbocycles. The average molecular weight is 256 g/mol. The lowest BCUT2D eigenvalue weighted by Gasteiger charge is -2.13. The number of alkyl halides is 3. The summed E-state index contributed by atoms with van der Waals surface area (Å²) in [5.74, 6) is -0.512. The van der Waals surface area contributed by atoms with E-state index in [4.69, 9.17) is 17.3 Å². The summed E-state index contributed by atoms with van der Waals surface area (Å²) in [6.07, 6.45) is -5.75. The Morgan fingerprint density at radius 1 is 1.44 bits per heavy atom. The standard InChI is InChI=1S/C9H9ClF3NO2/c10-6-3-5(7(15)4-14)1-2-8(6)16-9(11,12)13/h1-3,7,15H,4,14H2/t7-/m1/s1. The topological polar surface area (TPSA) is 55.5 Å². The van der Waals surface area contributed by atoms with Gasteiger partial charge in [-0.15, -0.1) is 13.2 Å². The summed E-state index contributed by atoms with van der Waals surface area (Å²) in [4.78, 5) is 0. The number of nitrogens with two attached hydrogens (primary N) is 1. The molecule has 7 heteroatoms. The monoisotopic (exact) mass is 255 g/mol. The Balaban J connectivity index is 2.92. The minimum Gasteiger partial charge on any atom is -0.404 e. The van der Waals surface area contributed by atoms with Crippen molar-refractivity contribution in [1.29, 1.82) is 0 Å². The largest absolute Gasteiger partial charge is 0.573 e. The van der Waals surface area contributed by atoms with Gasteiger partial charge in [0.1, 0.15) is 5.75 Å². The van der Waals surface area contributed by atoms with Crippen molar-refractivity contribution in [3.05, 3.63) is 28.8 Å². The van der Waals surface area contributed by atoms with Gasteiger partial charge in [0.25, 0.3) is 0 Å². The molecule has 1 rings (SSSR count). The third-order valence-electron chi connectivity index (χ3n) is 1.79. The van der Waals surface area contributed by atoms with E-state index in [9.17, 15) is 18.3 Å². The number of ether oxygens (including phenoxy) is 1. The molecule has 0 spiro atoms. The Morgan fingerprint density at radius 3 is 2.50 bits per heavy atom. The minimum atomic E-state index is -4.79. The van der Waals surface area contributed by atoms with Crippen LogP contribution in [0.5, 0.6) is 5.75 Å². The first kappa shape index (κ1) is 13.1. The molecule has 0 unspecified atom stereocenters. The Morgan fingerprint density at radius 2 is 2.06 bits per heavy atom. The maximum Gasteiger partial charge on any atom is 0.573 e. The molecular weight excluding hydrogens is 247 g/mol. The van der Waals surface area contributed by atoms with Crippen LogP contribution < -0.4 is 10.5 Å². The molecule has 1 atom stereocenters. The van der Waals surface area contributed by atoms with Crippen molar-refractivity contribution in [2.45, 2.75) is 12.5 Å². The number of halogens is 4. The van der Waals surface area contributed by atoms with Gasteiger partial charge in [0.2, 0.25) is 0 Å². The SMILES string of the molecule is NC[C@@H](O)c1ccc(OC(F)(F)F)c(Cl)c1. The van der Waals surface area contributed by atoms with Crippen LogP contribution in [0.2, 0.25) is 5.02 Å². The number of aliphatic hydroxyl groups excluding tert-OH is 1. The quantitative estimate of drug-likeness (QED) is 0.871. The number of hydrogen-bond acceptors (Lipinski definition) is 3. The van der Waals surface area contributed by atoms with E-state index in [1.165, 1.54) is 12.1 Å². The second kappa shape index (κ2) is 4.90. The van der Waals surface area contributed by atoms with Crippen LogP contribution in [0.25, 0.3) is 0 Å². The highest BCUT2D eigenvalue weighted by Gasteiger charge is 2.32. The Kier molecular flexibility index (Phi) is 4.01. The third-order valence-corrected chi connectivity index (χ3v) is 2.09. The van der Waals surface area contributed by atoms with Gasteiger partial charge in [-0.2, -0.15) is 0 Å². The molecule has 0 amide bonds. The molecule has 3 N–H and O–H groups in total. The molecule has 0 radical (unpaired) electrons. The second-order valence-electron chi connectivity index (χ2n) is 2.99. The fourth-order valence-electron chi connectivity index (χ4n) is 1.07. The zero-order chi connectivity index (χ0) is 12.3. The maximum absolute atomic E-state index is 11.9.